The van der Waals surface area contributed by atoms with Crippen LogP contribution >= 0.6 is 0 Å². The maximum atomic E-state index is 13.2. The Morgan fingerprint density at radius 1 is 1.54 bits per heavy atom. The third-order valence-corrected chi connectivity index (χ3v) is 1.98. The average Bonchev–Trinajstić information content (AvgIpc) is 2.11. The third-order valence-electron chi connectivity index (χ3n) is 1.98. The number of rotatable bonds is 3. The standard InChI is InChI=1S/C11H13FO/c1-8-3-4-11(12)10(5-8)6-9(2)7-13/h3-5,7,9H,6H2,1-2H3. The second kappa shape index (κ2) is 4.17. The SMILES string of the molecule is Cc1ccc(F)c(CC(C)C=O)c1. The average molecular weight is 180 g/mol. The summed E-state index contributed by atoms with van der Waals surface area (Å²) in [5.74, 6) is -0.337. The van der Waals surface area contributed by atoms with Gasteiger partial charge in [0.1, 0.15) is 12.1 Å². The number of aldehydes is 1. The monoisotopic (exact) mass is 180 g/mol. The molecule has 0 amide bonds. The van der Waals surface area contributed by atoms with E-state index in [9.17, 15) is 9.18 Å². The van der Waals surface area contributed by atoms with Crippen LogP contribution in [0.3, 0.4) is 0 Å². The number of hydrogen-bond acceptors (Lipinski definition) is 1. The van der Waals surface area contributed by atoms with Crippen molar-refractivity contribution in [3.8, 4) is 0 Å². The number of carbonyl (C=O) groups is 1. The smallest absolute Gasteiger partial charge is 0.126 e. The number of hydrogen-bond donors (Lipinski definition) is 0. The molecule has 1 atom stereocenters. The molecule has 0 fully saturated rings. The van der Waals surface area contributed by atoms with Crippen LogP contribution in [-0.2, 0) is 11.2 Å². The van der Waals surface area contributed by atoms with Crippen LogP contribution in [0.25, 0.3) is 0 Å². The van der Waals surface area contributed by atoms with Crippen molar-refractivity contribution in [2.24, 2.45) is 5.92 Å². The number of carbonyl (C=O) groups excluding carboxylic acids is 1. The molecule has 0 bridgehead atoms. The molecular formula is C11H13FO. The first-order chi connectivity index (χ1) is 6.13. The summed E-state index contributed by atoms with van der Waals surface area (Å²) in [6, 6.07) is 4.96. The molecule has 0 radical (unpaired) electrons. The summed E-state index contributed by atoms with van der Waals surface area (Å²) in [5, 5.41) is 0. The van der Waals surface area contributed by atoms with Crippen molar-refractivity contribution >= 4 is 6.29 Å². The Morgan fingerprint density at radius 3 is 2.85 bits per heavy atom. The first-order valence-corrected chi connectivity index (χ1v) is 4.34. The minimum absolute atomic E-state index is 0.115. The Hall–Kier alpha value is -1.18. The molecule has 2 heteroatoms. The van der Waals surface area contributed by atoms with E-state index >= 15 is 0 Å². The molecular weight excluding hydrogens is 167 g/mol. The predicted octanol–water partition coefficient (Wildman–Crippen LogP) is 2.51. The van der Waals surface area contributed by atoms with Crippen LogP contribution in [0.4, 0.5) is 4.39 Å². The van der Waals surface area contributed by atoms with Crippen molar-refractivity contribution in [1.29, 1.82) is 0 Å². The second-order valence-corrected chi connectivity index (χ2v) is 3.41. The number of halogens is 1. The van der Waals surface area contributed by atoms with Crippen molar-refractivity contribution in [2.75, 3.05) is 0 Å². The summed E-state index contributed by atoms with van der Waals surface area (Å²) in [6.45, 7) is 3.70. The summed E-state index contributed by atoms with van der Waals surface area (Å²) >= 11 is 0. The minimum atomic E-state index is -0.223. The molecule has 0 heterocycles. The molecule has 1 nitrogen and oxygen atoms in total. The van der Waals surface area contributed by atoms with Gasteiger partial charge in [-0.3, -0.25) is 0 Å². The zero-order valence-electron chi connectivity index (χ0n) is 7.88. The highest BCUT2D eigenvalue weighted by Crippen LogP contribution is 2.13. The summed E-state index contributed by atoms with van der Waals surface area (Å²) in [4.78, 5) is 10.4. The molecule has 1 unspecified atom stereocenters. The van der Waals surface area contributed by atoms with Crippen molar-refractivity contribution in [3.05, 3.63) is 35.1 Å². The molecule has 1 aromatic rings. The summed E-state index contributed by atoms with van der Waals surface area (Å²) in [5.41, 5.74) is 1.65. The summed E-state index contributed by atoms with van der Waals surface area (Å²) < 4.78 is 13.2. The van der Waals surface area contributed by atoms with Crippen LogP contribution in [-0.4, -0.2) is 6.29 Å². The van der Waals surface area contributed by atoms with Crippen LogP contribution in [0, 0.1) is 18.7 Å². The fourth-order valence-corrected chi connectivity index (χ4v) is 1.25. The van der Waals surface area contributed by atoms with Crippen molar-refractivity contribution in [1.82, 2.24) is 0 Å². The quantitative estimate of drug-likeness (QED) is 0.653. The summed E-state index contributed by atoms with van der Waals surface area (Å²) in [7, 11) is 0. The van der Waals surface area contributed by atoms with Crippen LogP contribution < -0.4 is 0 Å². The van der Waals surface area contributed by atoms with Crippen molar-refractivity contribution < 1.29 is 9.18 Å². The Bertz CT molecular complexity index is 307. The lowest BCUT2D eigenvalue weighted by atomic mass is 10.0. The van der Waals surface area contributed by atoms with E-state index in [4.69, 9.17) is 0 Å². The molecule has 0 spiro atoms. The van der Waals surface area contributed by atoms with Gasteiger partial charge < -0.3 is 4.79 Å². The topological polar surface area (TPSA) is 17.1 Å². The molecule has 0 saturated carbocycles. The molecule has 13 heavy (non-hydrogen) atoms. The molecule has 0 aliphatic rings. The van der Waals surface area contributed by atoms with Gasteiger partial charge in [0.15, 0.2) is 0 Å². The predicted molar refractivity (Wildman–Crippen MR) is 50.1 cm³/mol. The van der Waals surface area contributed by atoms with E-state index in [2.05, 4.69) is 0 Å². The number of benzene rings is 1. The van der Waals surface area contributed by atoms with Gasteiger partial charge in [-0.2, -0.15) is 0 Å². The van der Waals surface area contributed by atoms with Gasteiger partial charge in [0.25, 0.3) is 0 Å². The van der Waals surface area contributed by atoms with E-state index in [-0.39, 0.29) is 11.7 Å². The summed E-state index contributed by atoms with van der Waals surface area (Å²) in [6.07, 6.45) is 1.33. The number of aryl methyl sites for hydroxylation is 1. The lowest BCUT2D eigenvalue weighted by Gasteiger charge is -2.05. The van der Waals surface area contributed by atoms with E-state index < -0.39 is 0 Å². The first kappa shape index (κ1) is 9.90. The molecule has 0 aliphatic heterocycles. The van der Waals surface area contributed by atoms with Gasteiger partial charge in [-0.1, -0.05) is 24.6 Å². The van der Waals surface area contributed by atoms with Crippen LogP contribution in [0.5, 0.6) is 0 Å². The van der Waals surface area contributed by atoms with Crippen LogP contribution in [0.1, 0.15) is 18.1 Å². The van der Waals surface area contributed by atoms with Crippen LogP contribution in [0.2, 0.25) is 0 Å². The van der Waals surface area contributed by atoms with E-state index in [1.165, 1.54) is 6.07 Å². The Balaban J connectivity index is 2.86. The van der Waals surface area contributed by atoms with Gasteiger partial charge in [-0.25, -0.2) is 4.39 Å². The minimum Gasteiger partial charge on any atom is -0.303 e. The van der Waals surface area contributed by atoms with Gasteiger partial charge >= 0.3 is 0 Å². The first-order valence-electron chi connectivity index (χ1n) is 4.34. The normalized spacial score (nSPS) is 12.5. The van der Waals surface area contributed by atoms with Gasteiger partial charge in [-0.05, 0) is 25.0 Å². The van der Waals surface area contributed by atoms with Gasteiger partial charge in [0.05, 0.1) is 0 Å². The fourth-order valence-electron chi connectivity index (χ4n) is 1.25. The van der Waals surface area contributed by atoms with Crippen molar-refractivity contribution in [2.45, 2.75) is 20.3 Å². The highest BCUT2D eigenvalue weighted by Gasteiger charge is 2.06. The van der Waals surface area contributed by atoms with Gasteiger partial charge in [0, 0.05) is 5.92 Å². The molecule has 0 aliphatic carbocycles. The molecule has 0 aromatic heterocycles. The molecule has 0 saturated heterocycles. The Kier molecular flexibility index (Phi) is 3.18. The van der Waals surface area contributed by atoms with Crippen LogP contribution in [0.15, 0.2) is 18.2 Å². The Labute approximate surface area is 77.6 Å². The highest BCUT2D eigenvalue weighted by molar-refractivity contribution is 5.53. The second-order valence-electron chi connectivity index (χ2n) is 3.41. The van der Waals surface area contributed by atoms with Crippen molar-refractivity contribution in [3.63, 3.8) is 0 Å². The third kappa shape index (κ3) is 2.65. The van der Waals surface area contributed by atoms with E-state index in [1.807, 2.05) is 6.92 Å². The largest absolute Gasteiger partial charge is 0.303 e. The van der Waals surface area contributed by atoms with Gasteiger partial charge in [-0.15, -0.1) is 0 Å². The lowest BCUT2D eigenvalue weighted by Crippen LogP contribution is -2.02. The highest BCUT2D eigenvalue weighted by atomic mass is 19.1. The lowest BCUT2D eigenvalue weighted by molar-refractivity contribution is -0.110. The maximum Gasteiger partial charge on any atom is 0.126 e. The molecule has 1 rings (SSSR count). The molecule has 70 valence electrons. The zero-order chi connectivity index (χ0) is 9.84. The van der Waals surface area contributed by atoms with E-state index in [0.717, 1.165) is 11.8 Å². The van der Waals surface area contributed by atoms with E-state index in [1.54, 1.807) is 19.1 Å². The Morgan fingerprint density at radius 2 is 2.23 bits per heavy atom. The van der Waals surface area contributed by atoms with E-state index in [0.29, 0.717) is 12.0 Å². The van der Waals surface area contributed by atoms with Gasteiger partial charge in [0.2, 0.25) is 0 Å². The molecule has 1 aromatic carbocycles. The maximum absolute atomic E-state index is 13.2. The zero-order valence-corrected chi connectivity index (χ0v) is 7.88. The molecule has 0 N–H and O–H groups in total. The fraction of sp³-hybridized carbons (Fsp3) is 0.364.